The van der Waals surface area contributed by atoms with Crippen molar-refractivity contribution in [2.45, 2.75) is 105 Å². The first-order valence-electron chi connectivity index (χ1n) is 17.1. The number of allylic oxidation sites excluding steroid dienone is 3. The Bertz CT molecular complexity index is 1300. The number of fused-ring (bicyclic) bond motifs is 7. The molecule has 0 aromatic heterocycles. The number of rotatable bonds is 6. The van der Waals surface area contributed by atoms with Gasteiger partial charge < -0.3 is 10.1 Å². The van der Waals surface area contributed by atoms with Gasteiger partial charge in [0.25, 0.3) is 0 Å². The molecule has 4 heteroatoms. The number of methoxy groups -OCH3 is 1. The number of carbonyl (C=O) groups excluding carboxylic acids is 1. The van der Waals surface area contributed by atoms with Crippen LogP contribution in [0.5, 0.6) is 0 Å². The predicted octanol–water partition coefficient (Wildman–Crippen LogP) is 9.70. The van der Waals surface area contributed by atoms with E-state index in [0.717, 1.165) is 24.8 Å². The van der Waals surface area contributed by atoms with Gasteiger partial charge in [-0.05, 0) is 139 Å². The van der Waals surface area contributed by atoms with Crippen LogP contribution in [-0.4, -0.2) is 31.0 Å². The van der Waals surface area contributed by atoms with E-state index < -0.39 is 0 Å². The van der Waals surface area contributed by atoms with Crippen molar-refractivity contribution >= 4 is 23.1 Å². The van der Waals surface area contributed by atoms with Crippen molar-refractivity contribution in [3.63, 3.8) is 0 Å². The molecule has 9 atom stereocenters. The number of benzene rings is 1. The van der Waals surface area contributed by atoms with E-state index in [9.17, 15) is 4.79 Å². The largest absolute Gasteiger partial charge is 0.465 e. The molecule has 236 valence electrons. The van der Waals surface area contributed by atoms with Crippen molar-refractivity contribution in [3.8, 4) is 0 Å². The molecule has 0 saturated heterocycles. The Hall–Kier alpha value is -1.58. The maximum Gasteiger partial charge on any atom is 0.337 e. The van der Waals surface area contributed by atoms with Gasteiger partial charge >= 0.3 is 5.97 Å². The van der Waals surface area contributed by atoms with Crippen LogP contribution in [0.15, 0.2) is 42.5 Å². The number of esters is 1. The molecular formula is C39H56ClNO2. The van der Waals surface area contributed by atoms with Crippen LogP contribution >= 0.6 is 11.6 Å². The first kappa shape index (κ1) is 31.4. The molecule has 0 aliphatic heterocycles. The van der Waals surface area contributed by atoms with E-state index in [1.807, 2.05) is 12.1 Å². The average Bonchev–Trinajstić information content (AvgIpc) is 3.36. The van der Waals surface area contributed by atoms with E-state index >= 15 is 0 Å². The second-order valence-corrected chi connectivity index (χ2v) is 16.9. The van der Waals surface area contributed by atoms with Gasteiger partial charge in [-0.1, -0.05) is 65.0 Å². The molecule has 1 N–H and O–H groups in total. The maximum absolute atomic E-state index is 12.1. The second-order valence-electron chi connectivity index (χ2n) is 16.6. The lowest BCUT2D eigenvalue weighted by molar-refractivity contribution is -0.219. The summed E-state index contributed by atoms with van der Waals surface area (Å²) in [5.74, 6) is 3.84. The van der Waals surface area contributed by atoms with Crippen LogP contribution < -0.4 is 5.32 Å². The Morgan fingerprint density at radius 1 is 0.953 bits per heavy atom. The summed E-state index contributed by atoms with van der Waals surface area (Å²) in [4.78, 5) is 12.1. The fourth-order valence-corrected chi connectivity index (χ4v) is 12.8. The molecule has 0 spiro atoms. The molecular weight excluding hydrogens is 550 g/mol. The number of hydrogen-bond donors (Lipinski definition) is 1. The zero-order valence-corrected chi connectivity index (χ0v) is 28.7. The second kappa shape index (κ2) is 10.8. The maximum atomic E-state index is 12.1. The van der Waals surface area contributed by atoms with E-state index in [2.05, 4.69) is 71.6 Å². The van der Waals surface area contributed by atoms with Gasteiger partial charge in [0, 0.05) is 18.0 Å². The van der Waals surface area contributed by atoms with Gasteiger partial charge in [-0.3, -0.25) is 0 Å². The number of alkyl halides is 1. The van der Waals surface area contributed by atoms with Crippen LogP contribution in [-0.2, 0) is 4.74 Å². The molecule has 0 unspecified atom stereocenters. The zero-order chi connectivity index (χ0) is 31.0. The molecule has 43 heavy (non-hydrogen) atoms. The van der Waals surface area contributed by atoms with Crippen molar-refractivity contribution in [2.75, 3.05) is 19.5 Å². The first-order chi connectivity index (χ1) is 20.3. The summed E-state index contributed by atoms with van der Waals surface area (Å²) in [7, 11) is 1.45. The van der Waals surface area contributed by atoms with Gasteiger partial charge in [-0.15, -0.1) is 11.6 Å². The molecule has 0 radical (unpaired) electrons. The fraction of sp³-hybridized carbons (Fsp3) is 0.718. The Morgan fingerprint density at radius 3 is 2.33 bits per heavy atom. The number of carbonyl (C=O) groups is 1. The lowest BCUT2D eigenvalue weighted by Gasteiger charge is -2.72. The number of hydrogen-bond acceptors (Lipinski definition) is 3. The van der Waals surface area contributed by atoms with Crippen LogP contribution in [0.4, 0.5) is 0 Å². The smallest absolute Gasteiger partial charge is 0.337 e. The molecule has 5 aliphatic carbocycles. The molecule has 0 amide bonds. The van der Waals surface area contributed by atoms with Crippen LogP contribution in [0.2, 0.25) is 0 Å². The summed E-state index contributed by atoms with van der Waals surface area (Å²) >= 11 is 6.26. The molecule has 4 saturated carbocycles. The number of nitrogens with one attached hydrogen (secondary N) is 1. The van der Waals surface area contributed by atoms with Crippen LogP contribution in [0.1, 0.15) is 115 Å². The van der Waals surface area contributed by atoms with Gasteiger partial charge in [0.05, 0.1) is 12.7 Å². The summed E-state index contributed by atoms with van der Waals surface area (Å²) < 4.78 is 4.95. The molecule has 0 heterocycles. The Morgan fingerprint density at radius 2 is 1.67 bits per heavy atom. The van der Waals surface area contributed by atoms with Crippen LogP contribution in [0.3, 0.4) is 0 Å². The third-order valence-corrected chi connectivity index (χ3v) is 15.0. The van der Waals surface area contributed by atoms with Gasteiger partial charge in [0.1, 0.15) is 0 Å². The van der Waals surface area contributed by atoms with Gasteiger partial charge in [-0.25, -0.2) is 4.79 Å². The highest BCUT2D eigenvalue weighted by Gasteiger charge is 2.70. The van der Waals surface area contributed by atoms with Crippen LogP contribution in [0, 0.1) is 51.2 Å². The van der Waals surface area contributed by atoms with E-state index in [1.165, 1.54) is 75.2 Å². The highest BCUT2D eigenvalue weighted by molar-refractivity contribution is 6.18. The number of ether oxygens (including phenoxy) is 1. The van der Waals surface area contributed by atoms with Crippen LogP contribution in [0.25, 0.3) is 5.57 Å². The minimum atomic E-state index is -0.270. The lowest BCUT2D eigenvalue weighted by Crippen LogP contribution is -2.68. The summed E-state index contributed by atoms with van der Waals surface area (Å²) in [6.07, 6.45) is 14.2. The monoisotopic (exact) mass is 605 g/mol. The molecule has 6 rings (SSSR count). The van der Waals surface area contributed by atoms with Gasteiger partial charge in [0.15, 0.2) is 0 Å². The standard InChI is InChI=1S/C39H56ClNO2/c1-25(2)28-15-20-39(41-24-23-40)22-21-37(6)30(33(28)39)13-14-32-36(5)18-16-29(26-9-11-27(12-10-26)34(42)43-8)35(3,4)31(36)17-19-38(32,37)7/h9-12,16,28,30-33,41H,1,13-15,17-24H2,2-8H3/t28-,30+,31-,32+,33+,36-,37+,38+,39-/m0/s1. The Balaban J connectivity index is 1.34. The first-order valence-corrected chi connectivity index (χ1v) is 17.7. The summed E-state index contributed by atoms with van der Waals surface area (Å²) in [5, 5.41) is 4.06. The predicted molar refractivity (Wildman–Crippen MR) is 179 cm³/mol. The minimum Gasteiger partial charge on any atom is -0.465 e. The highest BCUT2D eigenvalue weighted by atomic mass is 35.5. The van der Waals surface area contributed by atoms with E-state index in [1.54, 1.807) is 0 Å². The minimum absolute atomic E-state index is 0.0720. The van der Waals surface area contributed by atoms with Crippen molar-refractivity contribution in [2.24, 2.45) is 51.2 Å². The van der Waals surface area contributed by atoms with Crippen molar-refractivity contribution in [1.82, 2.24) is 5.32 Å². The third-order valence-electron chi connectivity index (χ3n) is 14.8. The quantitative estimate of drug-likeness (QED) is 0.199. The third kappa shape index (κ3) is 4.40. The van der Waals surface area contributed by atoms with Gasteiger partial charge in [0.2, 0.25) is 0 Å². The summed E-state index contributed by atoms with van der Waals surface area (Å²) in [6.45, 7) is 20.9. The molecule has 0 bridgehead atoms. The van der Waals surface area contributed by atoms with E-state index in [-0.39, 0.29) is 22.3 Å². The molecule has 1 aromatic rings. The van der Waals surface area contributed by atoms with Crippen molar-refractivity contribution in [3.05, 3.63) is 53.6 Å². The zero-order valence-electron chi connectivity index (χ0n) is 28.0. The lowest BCUT2D eigenvalue weighted by atomic mass is 9.33. The molecule has 3 nitrogen and oxygen atoms in total. The normalized spacial score (nSPS) is 43.0. The highest BCUT2D eigenvalue weighted by Crippen LogP contribution is 2.76. The summed E-state index contributed by atoms with van der Waals surface area (Å²) in [5.41, 5.74) is 6.01. The van der Waals surface area contributed by atoms with Crippen molar-refractivity contribution in [1.29, 1.82) is 0 Å². The fourth-order valence-electron chi connectivity index (χ4n) is 12.7. The Labute approximate surface area is 266 Å². The summed E-state index contributed by atoms with van der Waals surface area (Å²) in [6, 6.07) is 8.12. The molecule has 4 fully saturated rings. The van der Waals surface area contributed by atoms with Crippen molar-refractivity contribution < 1.29 is 9.53 Å². The topological polar surface area (TPSA) is 38.3 Å². The average molecular weight is 606 g/mol. The van der Waals surface area contributed by atoms with Gasteiger partial charge in [-0.2, -0.15) is 0 Å². The molecule has 5 aliphatic rings. The SMILES string of the molecule is C=C(C)[C@@H]1CC[C@]2(NCCCl)CC[C@]3(C)[C@H](CC[C@@H]4[C@@]5(C)CC=C(c6ccc(C(=O)OC)cc6)C(C)(C)[C@@H]5CC[C@]43C)[C@@H]12. The Kier molecular flexibility index (Phi) is 7.85. The number of halogens is 1. The van der Waals surface area contributed by atoms with E-state index in [4.69, 9.17) is 16.3 Å². The van der Waals surface area contributed by atoms with E-state index in [0.29, 0.717) is 40.0 Å². The molecule has 1 aromatic carbocycles.